The maximum Gasteiger partial charge on any atom is 0.429 e. The molecule has 1 atom stereocenters. The molecule has 26 heavy (non-hydrogen) atoms. The summed E-state index contributed by atoms with van der Waals surface area (Å²) in [5.41, 5.74) is 1.84. The number of aliphatic hydroxyl groups is 1. The predicted molar refractivity (Wildman–Crippen MR) is 98.5 cm³/mol. The van der Waals surface area contributed by atoms with Crippen LogP contribution in [-0.4, -0.2) is 46.2 Å². The van der Waals surface area contributed by atoms with Crippen LogP contribution in [0.25, 0.3) is 0 Å². The number of rotatable bonds is 4. The molecule has 0 saturated carbocycles. The van der Waals surface area contributed by atoms with Crippen LogP contribution in [0, 0.1) is 0 Å². The number of nitrogens with zero attached hydrogens (tertiary/aromatic N) is 1. The minimum absolute atomic E-state index is 0.340. The Morgan fingerprint density at radius 1 is 1.04 bits per heavy atom. The Hall–Kier alpha value is -2.28. The van der Waals surface area contributed by atoms with E-state index < -0.39 is 29.4 Å². The van der Waals surface area contributed by atoms with Crippen LogP contribution in [0.5, 0.6) is 0 Å². The Morgan fingerprint density at radius 3 is 2.04 bits per heavy atom. The summed E-state index contributed by atoms with van der Waals surface area (Å²) in [6, 6.07) is 8.65. The second-order valence-corrected chi connectivity index (χ2v) is 7.99. The van der Waals surface area contributed by atoms with Crippen molar-refractivity contribution < 1.29 is 24.2 Å². The van der Waals surface area contributed by atoms with E-state index in [9.17, 15) is 14.7 Å². The van der Waals surface area contributed by atoms with E-state index in [0.29, 0.717) is 6.42 Å². The van der Waals surface area contributed by atoms with Crippen molar-refractivity contribution in [1.29, 1.82) is 0 Å². The van der Waals surface area contributed by atoms with Crippen molar-refractivity contribution >= 4 is 12.2 Å². The van der Waals surface area contributed by atoms with E-state index in [2.05, 4.69) is 5.43 Å². The molecule has 7 heteroatoms. The first kappa shape index (κ1) is 21.8. The Balaban J connectivity index is 2.99. The molecule has 1 aromatic carbocycles. The molecule has 0 heterocycles. The maximum absolute atomic E-state index is 12.6. The summed E-state index contributed by atoms with van der Waals surface area (Å²) in [7, 11) is 0. The van der Waals surface area contributed by atoms with E-state index >= 15 is 0 Å². The Bertz CT molecular complexity index is 590. The molecule has 1 aromatic rings. The van der Waals surface area contributed by atoms with Gasteiger partial charge in [-0.15, -0.1) is 0 Å². The molecule has 1 unspecified atom stereocenters. The van der Waals surface area contributed by atoms with Gasteiger partial charge in [0, 0.05) is 0 Å². The minimum Gasteiger partial charge on any atom is -0.443 e. The van der Waals surface area contributed by atoms with Crippen LogP contribution < -0.4 is 5.43 Å². The van der Waals surface area contributed by atoms with Gasteiger partial charge in [0.15, 0.2) is 0 Å². The van der Waals surface area contributed by atoms with Crippen LogP contribution in [-0.2, 0) is 15.9 Å². The fourth-order valence-corrected chi connectivity index (χ4v) is 2.12. The van der Waals surface area contributed by atoms with Gasteiger partial charge in [-0.3, -0.25) is 0 Å². The zero-order chi connectivity index (χ0) is 20.0. The Labute approximate surface area is 155 Å². The quantitative estimate of drug-likeness (QED) is 0.799. The zero-order valence-corrected chi connectivity index (χ0v) is 16.4. The van der Waals surface area contributed by atoms with Crippen LogP contribution in [0.2, 0.25) is 0 Å². The molecule has 0 aromatic heterocycles. The van der Waals surface area contributed by atoms with Crippen molar-refractivity contribution in [2.75, 3.05) is 6.61 Å². The molecular weight excluding hydrogens is 336 g/mol. The van der Waals surface area contributed by atoms with Crippen molar-refractivity contribution in [2.45, 2.75) is 65.2 Å². The lowest BCUT2D eigenvalue weighted by Gasteiger charge is -2.33. The van der Waals surface area contributed by atoms with Crippen molar-refractivity contribution in [3.8, 4) is 0 Å². The highest BCUT2D eigenvalue weighted by Crippen LogP contribution is 2.14. The summed E-state index contributed by atoms with van der Waals surface area (Å²) in [5, 5.41) is 10.8. The number of benzene rings is 1. The lowest BCUT2D eigenvalue weighted by atomic mass is 10.1. The highest BCUT2D eigenvalue weighted by molar-refractivity contribution is 5.74. The number of nitrogens with one attached hydrogen (secondary N) is 1. The molecule has 146 valence electrons. The first-order valence-electron chi connectivity index (χ1n) is 8.58. The van der Waals surface area contributed by atoms with E-state index in [1.807, 2.05) is 30.3 Å². The van der Waals surface area contributed by atoms with Crippen molar-refractivity contribution in [3.05, 3.63) is 35.9 Å². The van der Waals surface area contributed by atoms with Crippen LogP contribution in [0.1, 0.15) is 47.1 Å². The van der Waals surface area contributed by atoms with Gasteiger partial charge >= 0.3 is 12.2 Å². The third kappa shape index (κ3) is 8.20. The molecule has 0 aliphatic heterocycles. The van der Waals surface area contributed by atoms with Crippen LogP contribution in [0.3, 0.4) is 0 Å². The normalized spacial score (nSPS) is 12.9. The number of ether oxygens (including phenoxy) is 2. The van der Waals surface area contributed by atoms with Gasteiger partial charge in [0.2, 0.25) is 0 Å². The second kappa shape index (κ2) is 8.89. The number of aliphatic hydroxyl groups excluding tert-OH is 1. The average Bonchev–Trinajstić information content (AvgIpc) is 2.48. The number of amides is 2. The van der Waals surface area contributed by atoms with Gasteiger partial charge in [0.05, 0.1) is 12.6 Å². The first-order chi connectivity index (χ1) is 11.9. The van der Waals surface area contributed by atoms with Crippen molar-refractivity contribution in [2.24, 2.45) is 0 Å². The van der Waals surface area contributed by atoms with E-state index in [1.165, 1.54) is 0 Å². The van der Waals surface area contributed by atoms with Gasteiger partial charge in [0.1, 0.15) is 11.2 Å². The topological polar surface area (TPSA) is 88.1 Å². The van der Waals surface area contributed by atoms with Crippen molar-refractivity contribution in [3.63, 3.8) is 0 Å². The standard InChI is InChI=1S/C19H30N2O5/c1-18(2,3)25-16(23)20-21(17(24)26-19(4,5)6)15(13-22)12-14-10-8-7-9-11-14/h7-11,15,22H,12-13H2,1-6H3,(H,20,23). The average molecular weight is 366 g/mol. The van der Waals surface area contributed by atoms with E-state index in [4.69, 9.17) is 9.47 Å². The Kier molecular flexibility index (Phi) is 7.44. The second-order valence-electron chi connectivity index (χ2n) is 7.99. The smallest absolute Gasteiger partial charge is 0.429 e. The highest BCUT2D eigenvalue weighted by atomic mass is 16.6. The lowest BCUT2D eigenvalue weighted by molar-refractivity contribution is -0.0163. The van der Waals surface area contributed by atoms with E-state index in [-0.39, 0.29) is 6.61 Å². The first-order valence-corrected chi connectivity index (χ1v) is 8.58. The number of hydrogen-bond donors (Lipinski definition) is 2. The fraction of sp³-hybridized carbons (Fsp3) is 0.579. The van der Waals surface area contributed by atoms with Gasteiger partial charge in [-0.2, -0.15) is 0 Å². The molecule has 0 aliphatic carbocycles. The van der Waals surface area contributed by atoms with Gasteiger partial charge in [-0.25, -0.2) is 20.0 Å². The molecule has 0 aliphatic rings. The van der Waals surface area contributed by atoms with Gasteiger partial charge in [-0.05, 0) is 53.5 Å². The van der Waals surface area contributed by atoms with Crippen molar-refractivity contribution in [1.82, 2.24) is 10.4 Å². The molecule has 0 radical (unpaired) electrons. The highest BCUT2D eigenvalue weighted by Gasteiger charge is 2.31. The number of hydrogen-bond acceptors (Lipinski definition) is 5. The molecule has 2 N–H and O–H groups in total. The van der Waals surface area contributed by atoms with Crippen LogP contribution in [0.4, 0.5) is 9.59 Å². The molecule has 0 bridgehead atoms. The summed E-state index contributed by atoms with van der Waals surface area (Å²) < 4.78 is 10.6. The minimum atomic E-state index is -0.796. The summed E-state index contributed by atoms with van der Waals surface area (Å²) in [6.07, 6.45) is -1.22. The summed E-state index contributed by atoms with van der Waals surface area (Å²) in [6.45, 7) is 9.97. The SMILES string of the molecule is CC(C)(C)OC(=O)NN(C(=O)OC(C)(C)C)C(CO)Cc1ccccc1. The third-order valence-electron chi connectivity index (χ3n) is 3.09. The summed E-state index contributed by atoms with van der Waals surface area (Å²) in [5.74, 6) is 0. The molecule has 1 rings (SSSR count). The number of carbonyl (C=O) groups is 2. The largest absolute Gasteiger partial charge is 0.443 e. The molecular formula is C19H30N2O5. The molecule has 7 nitrogen and oxygen atoms in total. The summed E-state index contributed by atoms with van der Waals surface area (Å²) in [4.78, 5) is 24.7. The predicted octanol–water partition coefficient (Wildman–Crippen LogP) is 3.27. The zero-order valence-electron chi connectivity index (χ0n) is 16.4. The third-order valence-corrected chi connectivity index (χ3v) is 3.09. The molecule has 0 saturated heterocycles. The van der Waals surface area contributed by atoms with Crippen LogP contribution in [0.15, 0.2) is 30.3 Å². The maximum atomic E-state index is 12.6. The van der Waals surface area contributed by atoms with Gasteiger partial charge in [-0.1, -0.05) is 30.3 Å². The number of carbonyl (C=O) groups excluding carboxylic acids is 2. The monoisotopic (exact) mass is 366 g/mol. The van der Waals surface area contributed by atoms with E-state index in [0.717, 1.165) is 10.6 Å². The molecule has 2 amide bonds. The summed E-state index contributed by atoms with van der Waals surface area (Å²) >= 11 is 0. The number of hydrazine groups is 1. The van der Waals surface area contributed by atoms with Gasteiger partial charge in [0.25, 0.3) is 0 Å². The van der Waals surface area contributed by atoms with Crippen LogP contribution >= 0.6 is 0 Å². The molecule has 0 spiro atoms. The fourth-order valence-electron chi connectivity index (χ4n) is 2.12. The Morgan fingerprint density at radius 2 is 1.58 bits per heavy atom. The molecule has 0 fully saturated rings. The van der Waals surface area contributed by atoms with E-state index in [1.54, 1.807) is 41.5 Å². The van der Waals surface area contributed by atoms with Gasteiger partial charge < -0.3 is 14.6 Å². The lowest BCUT2D eigenvalue weighted by Crippen LogP contribution is -2.56.